The third-order valence-corrected chi connectivity index (χ3v) is 9.40. The molecule has 6 rings (SSSR count). The molecule has 2 N–H and O–H groups in total. The highest BCUT2D eigenvalue weighted by molar-refractivity contribution is 7.89. The fourth-order valence-electron chi connectivity index (χ4n) is 5.67. The van der Waals surface area contributed by atoms with Crippen molar-refractivity contribution in [3.63, 3.8) is 0 Å². The summed E-state index contributed by atoms with van der Waals surface area (Å²) >= 11 is 0. The summed E-state index contributed by atoms with van der Waals surface area (Å²) in [7, 11) is -0.0450. The monoisotopic (exact) mass is 534 g/mol. The summed E-state index contributed by atoms with van der Waals surface area (Å²) in [6.45, 7) is 5.22. The summed E-state index contributed by atoms with van der Waals surface area (Å²) in [6.07, 6.45) is 11.9. The van der Waals surface area contributed by atoms with Gasteiger partial charge in [0.15, 0.2) is 5.65 Å². The van der Waals surface area contributed by atoms with E-state index in [0.29, 0.717) is 23.4 Å². The van der Waals surface area contributed by atoms with Crippen LogP contribution in [0.2, 0.25) is 0 Å². The van der Waals surface area contributed by atoms with Crippen LogP contribution in [0, 0.1) is 0 Å². The Kier molecular flexibility index (Phi) is 6.45. The molecule has 0 unspecified atom stereocenters. The van der Waals surface area contributed by atoms with Gasteiger partial charge in [-0.05, 0) is 78.0 Å². The quantitative estimate of drug-likeness (QED) is 0.388. The van der Waals surface area contributed by atoms with E-state index in [4.69, 9.17) is 4.98 Å². The van der Waals surface area contributed by atoms with Crippen LogP contribution in [-0.2, 0) is 10.0 Å². The average molecular weight is 535 g/mol. The molecular formula is C27H34N8O2S. The molecule has 1 atom stereocenters. The lowest BCUT2D eigenvalue weighted by Gasteiger charge is -2.28. The number of piperidine rings is 1. The molecule has 2 aliphatic rings. The van der Waals surface area contributed by atoms with Crippen LogP contribution in [0.4, 0.5) is 5.69 Å². The van der Waals surface area contributed by atoms with Gasteiger partial charge in [-0.1, -0.05) is 0 Å². The SMILES string of the molecule is CNS(=O)(=O)c1cc(-c2cnc3[nH]cc(-c4cnn(C5CCN(C)CC5)c4)c3n2)cc(N2CCC[C@H]2C)c1. The van der Waals surface area contributed by atoms with E-state index in [9.17, 15) is 8.42 Å². The molecule has 3 aromatic heterocycles. The van der Waals surface area contributed by atoms with E-state index in [1.807, 2.05) is 18.5 Å². The second-order valence-electron chi connectivity index (χ2n) is 10.5. The fourth-order valence-corrected chi connectivity index (χ4v) is 6.47. The number of fused-ring (bicyclic) bond motifs is 1. The van der Waals surface area contributed by atoms with Crippen LogP contribution in [0.3, 0.4) is 0 Å². The zero-order chi connectivity index (χ0) is 26.4. The van der Waals surface area contributed by atoms with Gasteiger partial charge in [0.1, 0.15) is 5.52 Å². The number of nitrogens with zero attached hydrogens (tertiary/aromatic N) is 6. The zero-order valence-electron chi connectivity index (χ0n) is 22.1. The summed E-state index contributed by atoms with van der Waals surface area (Å²) in [5, 5.41) is 4.68. The minimum absolute atomic E-state index is 0.224. The molecule has 0 bridgehead atoms. The number of aromatic nitrogens is 5. The number of hydrogen-bond donors (Lipinski definition) is 2. The van der Waals surface area contributed by atoms with Gasteiger partial charge in [0.25, 0.3) is 0 Å². The van der Waals surface area contributed by atoms with Crippen molar-refractivity contribution in [3.05, 3.63) is 43.0 Å². The molecule has 0 spiro atoms. The Morgan fingerprint density at radius 1 is 1.05 bits per heavy atom. The molecule has 2 aliphatic heterocycles. The van der Waals surface area contributed by atoms with E-state index in [1.54, 1.807) is 18.3 Å². The Hall–Kier alpha value is -3.28. The minimum Gasteiger partial charge on any atom is -0.369 e. The summed E-state index contributed by atoms with van der Waals surface area (Å²) in [5.41, 5.74) is 5.57. The molecule has 4 aromatic rings. The van der Waals surface area contributed by atoms with Crippen molar-refractivity contribution in [1.82, 2.24) is 34.4 Å². The fraction of sp³-hybridized carbons (Fsp3) is 0.444. The van der Waals surface area contributed by atoms with E-state index >= 15 is 0 Å². The second kappa shape index (κ2) is 9.79. The predicted octanol–water partition coefficient (Wildman–Crippen LogP) is 3.65. The van der Waals surface area contributed by atoms with Gasteiger partial charge >= 0.3 is 0 Å². The Morgan fingerprint density at radius 2 is 1.87 bits per heavy atom. The van der Waals surface area contributed by atoms with Crippen molar-refractivity contribution in [2.24, 2.45) is 0 Å². The van der Waals surface area contributed by atoms with Crippen LogP contribution >= 0.6 is 0 Å². The molecular weight excluding hydrogens is 500 g/mol. The highest BCUT2D eigenvalue weighted by atomic mass is 32.2. The molecule has 0 aliphatic carbocycles. The number of nitrogens with one attached hydrogen (secondary N) is 2. The highest BCUT2D eigenvalue weighted by Crippen LogP contribution is 2.34. The van der Waals surface area contributed by atoms with Gasteiger partial charge in [0, 0.05) is 47.4 Å². The first-order valence-electron chi connectivity index (χ1n) is 13.3. The van der Waals surface area contributed by atoms with Crippen LogP contribution in [-0.4, -0.2) is 77.8 Å². The first kappa shape index (κ1) is 25.0. The van der Waals surface area contributed by atoms with Crippen molar-refractivity contribution in [2.45, 2.75) is 49.6 Å². The predicted molar refractivity (Wildman–Crippen MR) is 149 cm³/mol. The summed E-state index contributed by atoms with van der Waals surface area (Å²) in [5.74, 6) is 0. The Labute approximate surface area is 223 Å². The maximum Gasteiger partial charge on any atom is 0.240 e. The number of benzene rings is 1. The van der Waals surface area contributed by atoms with E-state index in [2.05, 4.69) is 54.4 Å². The number of aromatic amines is 1. The number of H-pyrrole nitrogens is 1. The van der Waals surface area contributed by atoms with E-state index in [-0.39, 0.29) is 4.90 Å². The lowest BCUT2D eigenvalue weighted by Crippen LogP contribution is -2.31. The Bertz CT molecular complexity index is 1570. The van der Waals surface area contributed by atoms with Crippen molar-refractivity contribution in [1.29, 1.82) is 0 Å². The normalized spacial score (nSPS) is 19.6. The van der Waals surface area contributed by atoms with E-state index in [0.717, 1.165) is 73.2 Å². The molecule has 2 fully saturated rings. The Morgan fingerprint density at radius 3 is 2.61 bits per heavy atom. The molecule has 0 radical (unpaired) electrons. The van der Waals surface area contributed by atoms with Gasteiger partial charge in [0.05, 0.1) is 29.0 Å². The van der Waals surface area contributed by atoms with Gasteiger partial charge in [-0.3, -0.25) is 4.68 Å². The van der Waals surface area contributed by atoms with Gasteiger partial charge < -0.3 is 14.8 Å². The molecule has 10 nitrogen and oxygen atoms in total. The van der Waals surface area contributed by atoms with Gasteiger partial charge in [-0.2, -0.15) is 5.10 Å². The summed E-state index contributed by atoms with van der Waals surface area (Å²) in [6, 6.07) is 6.20. The van der Waals surface area contributed by atoms with E-state index < -0.39 is 10.0 Å². The number of anilines is 1. The molecule has 1 aromatic carbocycles. The Balaban J connectivity index is 1.40. The molecule has 38 heavy (non-hydrogen) atoms. The van der Waals surface area contributed by atoms with Gasteiger partial charge in [0.2, 0.25) is 10.0 Å². The van der Waals surface area contributed by atoms with Crippen molar-refractivity contribution in [3.8, 4) is 22.4 Å². The lowest BCUT2D eigenvalue weighted by atomic mass is 10.1. The maximum atomic E-state index is 12.8. The van der Waals surface area contributed by atoms with Crippen molar-refractivity contribution < 1.29 is 8.42 Å². The third-order valence-electron chi connectivity index (χ3n) is 8.01. The highest BCUT2D eigenvalue weighted by Gasteiger charge is 2.24. The average Bonchev–Trinajstić information content (AvgIpc) is 3.68. The molecule has 0 saturated carbocycles. The van der Waals surface area contributed by atoms with Gasteiger partial charge in [-0.15, -0.1) is 0 Å². The van der Waals surface area contributed by atoms with Crippen molar-refractivity contribution in [2.75, 3.05) is 38.6 Å². The summed E-state index contributed by atoms with van der Waals surface area (Å²) in [4.78, 5) is 17.7. The number of hydrogen-bond acceptors (Lipinski definition) is 7. The third kappa shape index (κ3) is 4.59. The zero-order valence-corrected chi connectivity index (χ0v) is 22.9. The van der Waals surface area contributed by atoms with Gasteiger partial charge in [-0.25, -0.2) is 23.1 Å². The van der Waals surface area contributed by atoms with Crippen LogP contribution in [0.1, 0.15) is 38.6 Å². The second-order valence-corrected chi connectivity index (χ2v) is 12.4. The van der Waals surface area contributed by atoms with Crippen LogP contribution in [0.5, 0.6) is 0 Å². The van der Waals surface area contributed by atoms with Crippen LogP contribution in [0.25, 0.3) is 33.5 Å². The molecule has 200 valence electrons. The largest absolute Gasteiger partial charge is 0.369 e. The van der Waals surface area contributed by atoms with Crippen LogP contribution in [0.15, 0.2) is 47.9 Å². The summed E-state index contributed by atoms with van der Waals surface area (Å²) < 4.78 is 30.2. The van der Waals surface area contributed by atoms with Crippen molar-refractivity contribution >= 4 is 26.9 Å². The minimum atomic E-state index is -3.64. The standard InChI is InChI=1S/C27H34N8O2S/c1-18-5-4-8-34(18)22-11-19(12-23(13-22)38(36,37)28-2)25-16-30-27-26(32-25)24(15-29-27)20-14-31-35(17-20)21-6-9-33(3)10-7-21/h11-18,21,28H,4-10H2,1-3H3,(H,29,30)/t18-/m1/s1. The number of sulfonamides is 1. The maximum absolute atomic E-state index is 12.8. The molecule has 5 heterocycles. The smallest absolute Gasteiger partial charge is 0.240 e. The first-order valence-corrected chi connectivity index (χ1v) is 14.7. The molecule has 2 saturated heterocycles. The van der Waals surface area contributed by atoms with Crippen LogP contribution < -0.4 is 9.62 Å². The number of likely N-dealkylation sites (tertiary alicyclic amines) is 1. The van der Waals surface area contributed by atoms with E-state index in [1.165, 1.54) is 7.05 Å². The molecule has 11 heteroatoms. The number of rotatable bonds is 6. The lowest BCUT2D eigenvalue weighted by molar-refractivity contribution is 0.212. The molecule has 0 amide bonds. The first-order chi connectivity index (χ1) is 18.3. The topological polar surface area (TPSA) is 112 Å².